The van der Waals surface area contributed by atoms with E-state index in [1.54, 1.807) is 49.4 Å². The van der Waals surface area contributed by atoms with Crippen molar-refractivity contribution >= 4 is 44.9 Å². The summed E-state index contributed by atoms with van der Waals surface area (Å²) in [5.41, 5.74) is 1.12. The molecule has 30 heavy (non-hydrogen) atoms. The van der Waals surface area contributed by atoms with Crippen molar-refractivity contribution in [1.82, 2.24) is 4.98 Å². The van der Waals surface area contributed by atoms with Crippen molar-refractivity contribution in [3.8, 4) is 0 Å². The fourth-order valence-corrected chi connectivity index (χ4v) is 4.56. The highest BCUT2D eigenvalue weighted by Crippen LogP contribution is 2.27. The Morgan fingerprint density at radius 2 is 1.80 bits per heavy atom. The first kappa shape index (κ1) is 22.1. The van der Waals surface area contributed by atoms with Gasteiger partial charge < -0.3 is 4.74 Å². The van der Waals surface area contributed by atoms with Gasteiger partial charge in [0, 0.05) is 18.3 Å². The number of hydrogen-bond donors (Lipinski definition) is 0. The first-order valence-electron chi connectivity index (χ1n) is 8.98. The first-order valence-corrected chi connectivity index (χ1v) is 11.2. The Bertz CT molecular complexity index is 1140. The molecule has 0 atom stereocenters. The molecule has 0 fully saturated rings. The average molecular weight is 465 g/mol. The third kappa shape index (κ3) is 4.92. The number of nitrogens with zero attached hydrogens (tertiary/aromatic N) is 2. The first-order chi connectivity index (χ1) is 14.3. The molecule has 0 bridgehead atoms. The number of para-hydroxylation sites is 1. The lowest BCUT2D eigenvalue weighted by molar-refractivity contribution is 0.0472. The number of sulfonamides is 1. The van der Waals surface area contributed by atoms with Crippen LogP contribution in [0.4, 0.5) is 5.69 Å². The van der Waals surface area contributed by atoms with Crippen LogP contribution in [0.5, 0.6) is 0 Å². The summed E-state index contributed by atoms with van der Waals surface area (Å²) in [5, 5.41) is 0.417. The van der Waals surface area contributed by atoms with Crippen LogP contribution in [0.3, 0.4) is 0 Å². The van der Waals surface area contributed by atoms with Gasteiger partial charge in [-0.1, -0.05) is 47.5 Å². The molecule has 1 heterocycles. The quantitative estimate of drug-likeness (QED) is 0.364. The third-order valence-corrected chi connectivity index (χ3v) is 6.69. The van der Waals surface area contributed by atoms with Crippen LogP contribution in [0.2, 0.25) is 10.2 Å². The van der Waals surface area contributed by atoms with Crippen molar-refractivity contribution < 1.29 is 17.9 Å². The molecule has 3 aromatic rings. The van der Waals surface area contributed by atoms with Crippen molar-refractivity contribution in [2.75, 3.05) is 10.8 Å². The molecule has 6 nitrogen and oxygen atoms in total. The van der Waals surface area contributed by atoms with Crippen LogP contribution in [0, 0.1) is 0 Å². The van der Waals surface area contributed by atoms with Gasteiger partial charge in [-0.3, -0.25) is 4.31 Å². The van der Waals surface area contributed by atoms with Crippen molar-refractivity contribution in [3.05, 3.63) is 88.2 Å². The second-order valence-electron chi connectivity index (χ2n) is 6.21. The number of carbonyl (C=O) groups is 1. The SMILES string of the molecule is CCN(c1ccccc1)S(=O)(=O)c1ccc(Cl)c(C(=O)OCc2ccc(Cl)nc2)c1. The summed E-state index contributed by atoms with van der Waals surface area (Å²) in [4.78, 5) is 16.4. The summed E-state index contributed by atoms with van der Waals surface area (Å²) in [5.74, 6) is -0.741. The zero-order valence-corrected chi connectivity index (χ0v) is 18.3. The summed E-state index contributed by atoms with van der Waals surface area (Å²) in [6.07, 6.45) is 1.48. The van der Waals surface area contributed by atoms with E-state index in [0.29, 0.717) is 16.4 Å². The topological polar surface area (TPSA) is 76.6 Å². The van der Waals surface area contributed by atoms with Crippen LogP contribution >= 0.6 is 23.2 Å². The summed E-state index contributed by atoms with van der Waals surface area (Å²) >= 11 is 11.9. The van der Waals surface area contributed by atoms with E-state index < -0.39 is 16.0 Å². The van der Waals surface area contributed by atoms with Crippen LogP contribution in [-0.2, 0) is 21.4 Å². The highest BCUT2D eigenvalue weighted by molar-refractivity contribution is 7.92. The fourth-order valence-electron chi connectivity index (χ4n) is 2.75. The van der Waals surface area contributed by atoms with E-state index in [1.807, 2.05) is 0 Å². The molecule has 9 heteroatoms. The smallest absolute Gasteiger partial charge is 0.340 e. The van der Waals surface area contributed by atoms with Gasteiger partial charge in [0.15, 0.2) is 0 Å². The van der Waals surface area contributed by atoms with Gasteiger partial charge in [0.1, 0.15) is 11.8 Å². The fraction of sp³-hybridized carbons (Fsp3) is 0.143. The molecule has 0 spiro atoms. The summed E-state index contributed by atoms with van der Waals surface area (Å²) in [7, 11) is -3.91. The third-order valence-electron chi connectivity index (χ3n) is 4.24. The molecule has 0 aliphatic rings. The lowest BCUT2D eigenvalue weighted by Gasteiger charge is -2.23. The highest BCUT2D eigenvalue weighted by atomic mass is 35.5. The number of carbonyl (C=O) groups excluding carboxylic acids is 1. The minimum absolute atomic E-state index is 0.0382. The second-order valence-corrected chi connectivity index (χ2v) is 8.87. The Balaban J connectivity index is 1.86. The Hall–Kier alpha value is -2.61. The predicted octanol–water partition coefficient (Wildman–Crippen LogP) is 4.96. The van der Waals surface area contributed by atoms with Gasteiger partial charge in [0.05, 0.1) is 21.2 Å². The molecule has 0 amide bonds. The molecular weight excluding hydrogens is 447 g/mol. The number of benzene rings is 2. The van der Waals surface area contributed by atoms with Crippen LogP contribution in [0.25, 0.3) is 0 Å². The molecule has 0 N–H and O–H groups in total. The van der Waals surface area contributed by atoms with Crippen molar-refractivity contribution in [2.45, 2.75) is 18.4 Å². The van der Waals surface area contributed by atoms with E-state index >= 15 is 0 Å². The summed E-state index contributed by atoms with van der Waals surface area (Å²) in [6, 6.07) is 15.9. The molecule has 0 radical (unpaired) electrons. The van der Waals surface area contributed by atoms with Crippen LogP contribution < -0.4 is 4.31 Å². The van der Waals surface area contributed by atoms with Crippen molar-refractivity contribution in [1.29, 1.82) is 0 Å². The van der Waals surface area contributed by atoms with Gasteiger partial charge in [0.25, 0.3) is 10.0 Å². The van der Waals surface area contributed by atoms with E-state index in [0.717, 1.165) is 0 Å². The maximum absolute atomic E-state index is 13.2. The van der Waals surface area contributed by atoms with Gasteiger partial charge in [-0.15, -0.1) is 0 Å². The highest BCUT2D eigenvalue weighted by Gasteiger charge is 2.25. The van der Waals surface area contributed by atoms with Gasteiger partial charge in [-0.25, -0.2) is 18.2 Å². The Kier molecular flexibility index (Phi) is 6.97. The Labute approximate surface area is 185 Å². The maximum atomic E-state index is 13.2. The molecule has 156 valence electrons. The molecule has 1 aromatic heterocycles. The Morgan fingerprint density at radius 3 is 2.43 bits per heavy atom. The summed E-state index contributed by atoms with van der Waals surface area (Å²) in [6.45, 7) is 1.90. The standard InChI is InChI=1S/C21H18Cl2N2O4S/c1-2-25(16-6-4-3-5-7-16)30(27,28)17-9-10-19(22)18(12-17)21(26)29-14-15-8-11-20(23)24-13-15/h3-13H,2,14H2,1H3. The number of pyridine rings is 1. The number of hydrogen-bond acceptors (Lipinski definition) is 5. The van der Waals surface area contributed by atoms with Crippen molar-refractivity contribution in [3.63, 3.8) is 0 Å². The van der Waals surface area contributed by atoms with Gasteiger partial charge >= 0.3 is 5.97 Å². The summed E-state index contributed by atoms with van der Waals surface area (Å²) < 4.78 is 32.9. The molecule has 2 aromatic carbocycles. The van der Waals surface area contributed by atoms with Crippen molar-refractivity contribution in [2.24, 2.45) is 0 Å². The van der Waals surface area contributed by atoms with Gasteiger partial charge in [-0.2, -0.15) is 0 Å². The number of esters is 1. The minimum Gasteiger partial charge on any atom is -0.457 e. The monoisotopic (exact) mass is 464 g/mol. The van der Waals surface area contributed by atoms with Crippen LogP contribution in [-0.4, -0.2) is 25.9 Å². The second kappa shape index (κ2) is 9.47. The number of anilines is 1. The van der Waals surface area contributed by atoms with Gasteiger partial charge in [0.2, 0.25) is 0 Å². The van der Waals surface area contributed by atoms with E-state index in [-0.39, 0.29) is 28.6 Å². The molecule has 0 aliphatic heterocycles. The molecule has 0 unspecified atom stereocenters. The lowest BCUT2D eigenvalue weighted by atomic mass is 10.2. The number of aromatic nitrogens is 1. The van der Waals surface area contributed by atoms with E-state index in [4.69, 9.17) is 27.9 Å². The lowest BCUT2D eigenvalue weighted by Crippen LogP contribution is -2.30. The Morgan fingerprint density at radius 1 is 1.07 bits per heavy atom. The zero-order valence-electron chi connectivity index (χ0n) is 16.0. The molecular formula is C21H18Cl2N2O4S. The average Bonchev–Trinajstić information content (AvgIpc) is 2.74. The van der Waals surface area contributed by atoms with Crippen LogP contribution in [0.15, 0.2) is 71.8 Å². The molecule has 3 rings (SSSR count). The molecule has 0 saturated heterocycles. The number of halogens is 2. The number of rotatable bonds is 7. The van der Waals surface area contributed by atoms with Gasteiger partial charge in [-0.05, 0) is 43.3 Å². The van der Waals surface area contributed by atoms with E-state index in [9.17, 15) is 13.2 Å². The van der Waals surface area contributed by atoms with E-state index in [1.165, 1.54) is 28.7 Å². The largest absolute Gasteiger partial charge is 0.457 e. The predicted molar refractivity (Wildman–Crippen MR) is 116 cm³/mol. The van der Waals surface area contributed by atoms with Crippen LogP contribution in [0.1, 0.15) is 22.8 Å². The van der Waals surface area contributed by atoms with E-state index in [2.05, 4.69) is 4.98 Å². The molecule has 0 saturated carbocycles. The number of ether oxygens (including phenoxy) is 1. The normalized spacial score (nSPS) is 11.2. The maximum Gasteiger partial charge on any atom is 0.340 e. The minimum atomic E-state index is -3.91. The zero-order chi connectivity index (χ0) is 21.7. The molecule has 0 aliphatic carbocycles.